The Morgan fingerprint density at radius 1 is 1.33 bits per heavy atom. The molecule has 1 N–H and O–H groups in total. The van der Waals surface area contributed by atoms with Crippen molar-refractivity contribution in [3.8, 4) is 0 Å². The Morgan fingerprint density at radius 2 is 2.00 bits per heavy atom. The molecule has 2 aliphatic rings. The summed E-state index contributed by atoms with van der Waals surface area (Å²) in [7, 11) is 0. The number of nitrogens with one attached hydrogen (secondary N) is 1. The van der Waals surface area contributed by atoms with E-state index in [1.165, 1.54) is 0 Å². The first-order chi connectivity index (χ1) is 11.4. The van der Waals surface area contributed by atoms with Crippen LogP contribution in [0.5, 0.6) is 0 Å². The third kappa shape index (κ3) is 2.91. The number of esters is 2. The third-order valence-corrected chi connectivity index (χ3v) is 4.31. The van der Waals surface area contributed by atoms with Gasteiger partial charge in [0.1, 0.15) is 18.1 Å². The Hall–Kier alpha value is -2.27. The number of carbonyl (C=O) groups is 2. The Labute approximate surface area is 145 Å². The van der Waals surface area contributed by atoms with Gasteiger partial charge in [0.15, 0.2) is 0 Å². The fraction of sp³-hybridized carbons (Fsp3) is 0.333. The van der Waals surface area contributed by atoms with Crippen molar-refractivity contribution in [2.75, 3.05) is 6.61 Å². The number of ether oxygens (including phenoxy) is 2. The Kier molecular flexibility index (Phi) is 4.37. The fourth-order valence-corrected chi connectivity index (χ4v) is 2.90. The Balaban J connectivity index is 2.06. The molecule has 1 atom stereocenters. The summed E-state index contributed by atoms with van der Waals surface area (Å²) < 4.78 is 10.8. The Bertz CT molecular complexity index is 762. The maximum Gasteiger partial charge on any atom is 0.355 e. The summed E-state index contributed by atoms with van der Waals surface area (Å²) in [4.78, 5) is 24.1. The van der Waals surface area contributed by atoms with Crippen molar-refractivity contribution in [2.24, 2.45) is 5.92 Å². The monoisotopic (exact) mass is 347 g/mol. The van der Waals surface area contributed by atoms with E-state index in [-0.39, 0.29) is 24.4 Å². The maximum absolute atomic E-state index is 12.1. The second-order valence-corrected chi connectivity index (χ2v) is 6.59. The van der Waals surface area contributed by atoms with Gasteiger partial charge in [0, 0.05) is 10.6 Å². The molecule has 3 rings (SSSR count). The Morgan fingerprint density at radius 3 is 2.62 bits per heavy atom. The normalized spacial score (nSPS) is 20.0. The number of cyclic esters (lactones) is 1. The summed E-state index contributed by atoms with van der Waals surface area (Å²) in [5.74, 6) is -0.828. The van der Waals surface area contributed by atoms with E-state index in [1.54, 1.807) is 32.9 Å². The van der Waals surface area contributed by atoms with Crippen LogP contribution < -0.4 is 5.32 Å². The molecule has 24 heavy (non-hydrogen) atoms. The zero-order chi connectivity index (χ0) is 17.4. The van der Waals surface area contributed by atoms with Gasteiger partial charge in [-0.25, -0.2) is 4.79 Å². The molecule has 0 bridgehead atoms. The van der Waals surface area contributed by atoms with Gasteiger partial charge in [-0.2, -0.15) is 0 Å². The topological polar surface area (TPSA) is 64.6 Å². The molecule has 1 unspecified atom stereocenters. The number of halogens is 1. The highest BCUT2D eigenvalue weighted by Gasteiger charge is 2.39. The number of hydrogen-bond donors (Lipinski definition) is 1. The summed E-state index contributed by atoms with van der Waals surface area (Å²) in [6.45, 7) is 5.50. The van der Waals surface area contributed by atoms with E-state index in [0.717, 1.165) is 11.1 Å². The number of allylic oxidation sites excluding steroid dienone is 2. The second kappa shape index (κ2) is 6.32. The number of hydrogen-bond acceptors (Lipinski definition) is 5. The van der Waals surface area contributed by atoms with Gasteiger partial charge in [-0.05, 0) is 24.6 Å². The fourth-order valence-electron chi connectivity index (χ4n) is 2.77. The van der Waals surface area contributed by atoms with Gasteiger partial charge >= 0.3 is 11.9 Å². The highest BCUT2D eigenvalue weighted by molar-refractivity contribution is 6.30. The van der Waals surface area contributed by atoms with Gasteiger partial charge in [-0.1, -0.05) is 37.6 Å². The number of dihydropyridines is 1. The zero-order valence-corrected chi connectivity index (χ0v) is 14.4. The van der Waals surface area contributed by atoms with Crippen LogP contribution in [-0.4, -0.2) is 18.5 Å². The number of rotatable bonds is 3. The highest BCUT2D eigenvalue weighted by Crippen LogP contribution is 2.41. The van der Waals surface area contributed by atoms with Crippen molar-refractivity contribution in [1.29, 1.82) is 0 Å². The molecule has 0 radical (unpaired) electrons. The molecular weight excluding hydrogens is 330 g/mol. The standard InChI is InChI=1S/C18H18ClNO4/c1-9(2)17(21)24-16-10(3)20-15-13(8-23-18(15)22)14(16)11-4-6-12(19)7-5-11/h4-7,9,14,20H,8H2,1-3H3. The molecule has 126 valence electrons. The molecule has 1 aromatic rings. The van der Waals surface area contributed by atoms with Crippen LogP contribution in [-0.2, 0) is 19.1 Å². The van der Waals surface area contributed by atoms with Crippen LogP contribution in [0, 0.1) is 5.92 Å². The minimum atomic E-state index is -0.391. The molecule has 0 fully saturated rings. The first-order valence-electron chi connectivity index (χ1n) is 7.73. The molecule has 0 saturated heterocycles. The summed E-state index contributed by atoms with van der Waals surface area (Å²) >= 11 is 5.98. The van der Waals surface area contributed by atoms with Crippen molar-refractivity contribution < 1.29 is 19.1 Å². The lowest BCUT2D eigenvalue weighted by Crippen LogP contribution is -2.29. The van der Waals surface area contributed by atoms with Gasteiger partial charge in [-0.3, -0.25) is 4.79 Å². The first kappa shape index (κ1) is 16.6. The van der Waals surface area contributed by atoms with Crippen LogP contribution in [0.1, 0.15) is 32.3 Å². The average molecular weight is 348 g/mol. The summed E-state index contributed by atoms with van der Waals surface area (Å²) in [6.07, 6.45) is 0. The van der Waals surface area contributed by atoms with Gasteiger partial charge in [0.05, 0.1) is 17.5 Å². The second-order valence-electron chi connectivity index (χ2n) is 6.15. The molecule has 0 aliphatic carbocycles. The van der Waals surface area contributed by atoms with E-state index >= 15 is 0 Å². The van der Waals surface area contributed by atoms with Crippen LogP contribution in [0.3, 0.4) is 0 Å². The molecular formula is C18H18ClNO4. The minimum absolute atomic E-state index is 0.171. The summed E-state index contributed by atoms with van der Waals surface area (Å²) in [5.41, 5.74) is 2.70. The average Bonchev–Trinajstić information content (AvgIpc) is 2.90. The van der Waals surface area contributed by atoms with E-state index in [1.807, 2.05) is 12.1 Å². The third-order valence-electron chi connectivity index (χ3n) is 4.06. The molecule has 2 aliphatic heterocycles. The van der Waals surface area contributed by atoms with Crippen LogP contribution in [0.15, 0.2) is 47.0 Å². The van der Waals surface area contributed by atoms with Crippen molar-refractivity contribution in [3.05, 3.63) is 57.6 Å². The molecule has 0 aromatic heterocycles. The smallest absolute Gasteiger partial charge is 0.355 e. The lowest BCUT2D eigenvalue weighted by molar-refractivity contribution is -0.143. The van der Waals surface area contributed by atoms with E-state index in [9.17, 15) is 9.59 Å². The van der Waals surface area contributed by atoms with E-state index in [4.69, 9.17) is 21.1 Å². The predicted octanol–water partition coefficient (Wildman–Crippen LogP) is 3.27. The van der Waals surface area contributed by atoms with Crippen LogP contribution in [0.25, 0.3) is 0 Å². The SMILES string of the molecule is CC1=C(OC(=O)C(C)C)C(c2ccc(Cl)cc2)C2=C(N1)C(=O)OC2. The lowest BCUT2D eigenvalue weighted by Gasteiger charge is -2.28. The molecule has 0 spiro atoms. The van der Waals surface area contributed by atoms with E-state index < -0.39 is 5.97 Å². The maximum atomic E-state index is 12.1. The van der Waals surface area contributed by atoms with Crippen molar-refractivity contribution >= 4 is 23.5 Å². The molecule has 2 heterocycles. The predicted molar refractivity (Wildman–Crippen MR) is 88.9 cm³/mol. The summed E-state index contributed by atoms with van der Waals surface area (Å²) in [5, 5.41) is 3.63. The zero-order valence-electron chi connectivity index (χ0n) is 13.7. The van der Waals surface area contributed by atoms with Gasteiger partial charge in [0.25, 0.3) is 0 Å². The van der Waals surface area contributed by atoms with Crippen LogP contribution >= 0.6 is 11.6 Å². The molecule has 0 amide bonds. The van der Waals surface area contributed by atoms with Crippen molar-refractivity contribution in [3.63, 3.8) is 0 Å². The molecule has 0 saturated carbocycles. The van der Waals surface area contributed by atoms with Crippen molar-refractivity contribution in [2.45, 2.75) is 26.7 Å². The van der Waals surface area contributed by atoms with Crippen LogP contribution in [0.2, 0.25) is 5.02 Å². The van der Waals surface area contributed by atoms with Crippen molar-refractivity contribution in [1.82, 2.24) is 5.32 Å². The summed E-state index contributed by atoms with van der Waals surface area (Å²) in [6, 6.07) is 7.27. The largest absolute Gasteiger partial charge is 0.456 e. The van der Waals surface area contributed by atoms with Crippen LogP contribution in [0.4, 0.5) is 0 Å². The van der Waals surface area contributed by atoms with Gasteiger partial charge in [-0.15, -0.1) is 0 Å². The molecule has 1 aromatic carbocycles. The van der Waals surface area contributed by atoms with Gasteiger partial charge < -0.3 is 14.8 Å². The number of benzene rings is 1. The quantitative estimate of drug-likeness (QED) is 0.850. The first-order valence-corrected chi connectivity index (χ1v) is 8.11. The minimum Gasteiger partial charge on any atom is -0.456 e. The van der Waals surface area contributed by atoms with Gasteiger partial charge in [0.2, 0.25) is 0 Å². The number of carbonyl (C=O) groups excluding carboxylic acids is 2. The lowest BCUT2D eigenvalue weighted by atomic mass is 9.86. The van der Waals surface area contributed by atoms with E-state index in [2.05, 4.69) is 5.32 Å². The molecule has 5 nitrogen and oxygen atoms in total. The van der Waals surface area contributed by atoms with E-state index in [0.29, 0.717) is 22.2 Å². The highest BCUT2D eigenvalue weighted by atomic mass is 35.5. The molecule has 6 heteroatoms.